The first-order valence-electron chi connectivity index (χ1n) is 10.2. The third-order valence-corrected chi connectivity index (χ3v) is 5.67. The number of nitrogens with one attached hydrogen (secondary N) is 1. The molecule has 0 spiro atoms. The number of hydrogen-bond acceptors (Lipinski definition) is 6. The second-order valence-electron chi connectivity index (χ2n) is 7.20. The number of nitro benzene ring substituents is 1. The van der Waals surface area contributed by atoms with Crippen LogP contribution in [0.15, 0.2) is 36.4 Å². The maximum absolute atomic E-state index is 13.0. The minimum Gasteiger partial charge on any atom is -0.493 e. The van der Waals surface area contributed by atoms with Crippen LogP contribution in [0.2, 0.25) is 5.02 Å². The summed E-state index contributed by atoms with van der Waals surface area (Å²) in [6.07, 6.45) is 2.16. The van der Waals surface area contributed by atoms with Crippen molar-refractivity contribution >= 4 is 23.2 Å². The van der Waals surface area contributed by atoms with E-state index in [9.17, 15) is 14.9 Å². The Morgan fingerprint density at radius 2 is 1.97 bits per heavy atom. The van der Waals surface area contributed by atoms with Crippen molar-refractivity contribution in [2.24, 2.45) is 0 Å². The number of nitrogens with zero attached hydrogens (tertiary/aromatic N) is 2. The van der Waals surface area contributed by atoms with E-state index in [4.69, 9.17) is 21.1 Å². The number of nitro groups is 1. The van der Waals surface area contributed by atoms with Gasteiger partial charge in [-0.3, -0.25) is 19.8 Å². The van der Waals surface area contributed by atoms with E-state index >= 15 is 0 Å². The molecule has 1 saturated heterocycles. The zero-order valence-corrected chi connectivity index (χ0v) is 18.4. The highest BCUT2D eigenvalue weighted by atomic mass is 35.5. The Labute approximate surface area is 186 Å². The lowest BCUT2D eigenvalue weighted by molar-refractivity contribution is -0.385. The van der Waals surface area contributed by atoms with Gasteiger partial charge in [-0.2, -0.15) is 0 Å². The predicted octanol–water partition coefficient (Wildman–Crippen LogP) is 4.22. The van der Waals surface area contributed by atoms with Gasteiger partial charge in [-0.25, -0.2) is 0 Å². The second kappa shape index (κ2) is 10.5. The molecule has 166 valence electrons. The van der Waals surface area contributed by atoms with E-state index in [1.165, 1.54) is 19.2 Å². The molecule has 1 unspecified atom stereocenters. The summed E-state index contributed by atoms with van der Waals surface area (Å²) in [7, 11) is 1.39. The van der Waals surface area contributed by atoms with Gasteiger partial charge in [0.25, 0.3) is 11.6 Å². The van der Waals surface area contributed by atoms with E-state index in [0.29, 0.717) is 11.6 Å². The van der Waals surface area contributed by atoms with Crippen LogP contribution >= 0.6 is 11.6 Å². The lowest BCUT2D eigenvalue weighted by Gasteiger charge is -2.29. The number of benzene rings is 2. The van der Waals surface area contributed by atoms with Gasteiger partial charge in [-0.05, 0) is 44.5 Å². The van der Waals surface area contributed by atoms with Crippen LogP contribution in [-0.2, 0) is 0 Å². The van der Waals surface area contributed by atoms with Crippen molar-refractivity contribution in [3.05, 3.63) is 62.7 Å². The third-order valence-electron chi connectivity index (χ3n) is 5.32. The topological polar surface area (TPSA) is 93.9 Å². The number of halogens is 1. The van der Waals surface area contributed by atoms with Gasteiger partial charge < -0.3 is 14.8 Å². The fourth-order valence-corrected chi connectivity index (χ4v) is 4.09. The van der Waals surface area contributed by atoms with E-state index in [2.05, 4.69) is 10.2 Å². The van der Waals surface area contributed by atoms with E-state index in [0.717, 1.165) is 31.5 Å². The average Bonchev–Trinajstić information content (AvgIpc) is 3.29. The van der Waals surface area contributed by atoms with Crippen molar-refractivity contribution < 1.29 is 19.2 Å². The molecule has 1 N–H and O–H groups in total. The minimum absolute atomic E-state index is 0.0754. The molecule has 3 rings (SSSR count). The molecular formula is C22H26ClN3O5. The molecule has 1 amide bonds. The fourth-order valence-electron chi connectivity index (χ4n) is 3.83. The molecule has 2 aromatic carbocycles. The molecule has 0 bridgehead atoms. The largest absolute Gasteiger partial charge is 0.493 e. The normalized spacial score (nSPS) is 14.8. The molecule has 1 fully saturated rings. The van der Waals surface area contributed by atoms with Crippen molar-refractivity contribution in [3.63, 3.8) is 0 Å². The lowest BCUT2D eigenvalue weighted by Crippen LogP contribution is -2.37. The smallest absolute Gasteiger partial charge is 0.286 e. The highest BCUT2D eigenvalue weighted by molar-refractivity contribution is 6.31. The molecule has 1 heterocycles. The molecule has 1 aliphatic heterocycles. The van der Waals surface area contributed by atoms with Crippen LogP contribution in [-0.4, -0.2) is 49.1 Å². The standard InChI is InChI=1S/C22H26ClN3O5/c1-3-31-21-12-16(18(26(28)29)13-20(21)30-2)22(27)24-14-19(25-10-6-7-11-25)15-8-4-5-9-17(15)23/h4-5,8-9,12-13,19H,3,6-7,10-11,14H2,1-2H3,(H,24,27). The monoisotopic (exact) mass is 447 g/mol. The Bertz CT molecular complexity index is 947. The van der Waals surface area contributed by atoms with E-state index in [1.807, 2.05) is 24.3 Å². The summed E-state index contributed by atoms with van der Waals surface area (Å²) in [4.78, 5) is 26.3. The molecule has 2 aromatic rings. The minimum atomic E-state index is -0.598. The zero-order valence-electron chi connectivity index (χ0n) is 17.6. The van der Waals surface area contributed by atoms with Gasteiger partial charge in [0.15, 0.2) is 11.5 Å². The van der Waals surface area contributed by atoms with E-state index < -0.39 is 10.8 Å². The fraction of sp³-hybridized carbons (Fsp3) is 0.409. The first-order chi connectivity index (χ1) is 15.0. The summed E-state index contributed by atoms with van der Waals surface area (Å²) in [6, 6.07) is 9.99. The quantitative estimate of drug-likeness (QED) is 0.457. The Morgan fingerprint density at radius 3 is 2.58 bits per heavy atom. The van der Waals surface area contributed by atoms with Crippen LogP contribution < -0.4 is 14.8 Å². The predicted molar refractivity (Wildman–Crippen MR) is 118 cm³/mol. The summed E-state index contributed by atoms with van der Waals surface area (Å²) in [6.45, 7) is 4.20. The number of carbonyl (C=O) groups excluding carboxylic acids is 1. The van der Waals surface area contributed by atoms with Crippen LogP contribution in [0, 0.1) is 10.1 Å². The molecule has 0 saturated carbocycles. The summed E-state index contributed by atoms with van der Waals surface area (Å²) in [5.41, 5.74) is 0.507. The maximum Gasteiger partial charge on any atom is 0.286 e. The molecule has 8 nitrogen and oxygen atoms in total. The van der Waals surface area contributed by atoms with Crippen LogP contribution in [0.1, 0.15) is 41.7 Å². The van der Waals surface area contributed by atoms with E-state index in [1.54, 1.807) is 6.92 Å². The van der Waals surface area contributed by atoms with Crippen LogP contribution in [0.4, 0.5) is 5.69 Å². The van der Waals surface area contributed by atoms with E-state index in [-0.39, 0.29) is 35.3 Å². The van der Waals surface area contributed by atoms with Gasteiger partial charge in [-0.1, -0.05) is 29.8 Å². The van der Waals surface area contributed by atoms with Gasteiger partial charge in [0, 0.05) is 17.6 Å². The average molecular weight is 448 g/mol. The van der Waals surface area contributed by atoms with Gasteiger partial charge in [0.1, 0.15) is 5.56 Å². The SMILES string of the molecule is CCOc1cc(C(=O)NCC(c2ccccc2Cl)N2CCCC2)c([N+](=O)[O-])cc1OC. The summed E-state index contributed by atoms with van der Waals surface area (Å²) in [5, 5.41) is 15.1. The molecule has 0 aliphatic carbocycles. The number of methoxy groups -OCH3 is 1. The first-order valence-corrected chi connectivity index (χ1v) is 10.6. The highest BCUT2D eigenvalue weighted by Crippen LogP contribution is 2.35. The number of carbonyl (C=O) groups is 1. The van der Waals surface area contributed by atoms with Crippen molar-refractivity contribution in [2.75, 3.05) is 33.4 Å². The van der Waals surface area contributed by atoms with Crippen molar-refractivity contribution in [2.45, 2.75) is 25.8 Å². The van der Waals surface area contributed by atoms with Gasteiger partial charge in [0.2, 0.25) is 0 Å². The Balaban J connectivity index is 1.87. The summed E-state index contributed by atoms with van der Waals surface area (Å²) >= 11 is 6.43. The molecule has 31 heavy (non-hydrogen) atoms. The van der Waals surface area contributed by atoms with Crippen LogP contribution in [0.3, 0.4) is 0 Å². The second-order valence-corrected chi connectivity index (χ2v) is 7.61. The highest BCUT2D eigenvalue weighted by Gasteiger charge is 2.28. The number of ether oxygens (including phenoxy) is 2. The van der Waals surface area contributed by atoms with Crippen molar-refractivity contribution in [1.29, 1.82) is 0 Å². The Kier molecular flexibility index (Phi) is 7.70. The van der Waals surface area contributed by atoms with Crippen molar-refractivity contribution in [3.8, 4) is 11.5 Å². The van der Waals surface area contributed by atoms with Crippen LogP contribution in [0.5, 0.6) is 11.5 Å². The molecule has 1 atom stereocenters. The lowest BCUT2D eigenvalue weighted by atomic mass is 10.0. The number of hydrogen-bond donors (Lipinski definition) is 1. The molecule has 0 aromatic heterocycles. The van der Waals surface area contributed by atoms with Gasteiger partial charge in [-0.15, -0.1) is 0 Å². The summed E-state index contributed by atoms with van der Waals surface area (Å²) < 4.78 is 10.7. The molecule has 9 heteroatoms. The van der Waals surface area contributed by atoms with Gasteiger partial charge >= 0.3 is 0 Å². The number of amides is 1. The molecule has 1 aliphatic rings. The van der Waals surface area contributed by atoms with Crippen LogP contribution in [0.25, 0.3) is 0 Å². The van der Waals surface area contributed by atoms with Gasteiger partial charge in [0.05, 0.1) is 30.7 Å². The molecular weight excluding hydrogens is 422 g/mol. The third kappa shape index (κ3) is 5.26. The maximum atomic E-state index is 13.0. The zero-order chi connectivity index (χ0) is 22.4. The Morgan fingerprint density at radius 1 is 1.26 bits per heavy atom. The Hall–Kier alpha value is -2.84. The number of likely N-dealkylation sites (tertiary alicyclic amines) is 1. The first kappa shape index (κ1) is 22.8. The molecule has 0 radical (unpaired) electrons. The summed E-state index contributed by atoms with van der Waals surface area (Å²) in [5.74, 6) is -0.0642. The number of rotatable bonds is 9. The van der Waals surface area contributed by atoms with Crippen molar-refractivity contribution in [1.82, 2.24) is 10.2 Å².